The van der Waals surface area contributed by atoms with E-state index < -0.39 is 7.60 Å². The summed E-state index contributed by atoms with van der Waals surface area (Å²) in [6.07, 6.45) is 3.43. The summed E-state index contributed by atoms with van der Waals surface area (Å²) in [6, 6.07) is 14.1. The van der Waals surface area contributed by atoms with Gasteiger partial charge in [-0.25, -0.2) is 4.57 Å². The van der Waals surface area contributed by atoms with E-state index >= 15 is 0 Å². The molecule has 3 nitrogen and oxygen atoms in total. The van der Waals surface area contributed by atoms with E-state index in [1.54, 1.807) is 36.4 Å². The molecule has 0 atom stereocenters. The predicted molar refractivity (Wildman–Crippen MR) is 92.1 cm³/mol. The molecule has 0 aliphatic rings. The van der Waals surface area contributed by atoms with Gasteiger partial charge in [0.25, 0.3) is 0 Å². The third-order valence-electron chi connectivity index (χ3n) is 2.92. The van der Waals surface area contributed by atoms with Gasteiger partial charge in [0.2, 0.25) is 0 Å². The van der Waals surface area contributed by atoms with E-state index in [2.05, 4.69) is 19.7 Å². The van der Waals surface area contributed by atoms with Crippen molar-refractivity contribution in [3.8, 4) is 11.5 Å². The molecule has 0 saturated heterocycles. The molecule has 0 amide bonds. The van der Waals surface area contributed by atoms with Gasteiger partial charge in [-0.15, -0.1) is 0 Å². The third-order valence-corrected chi connectivity index (χ3v) is 4.30. The first kappa shape index (κ1) is 15.9. The summed E-state index contributed by atoms with van der Waals surface area (Å²) in [5.74, 6) is 2.07. The monoisotopic (exact) mass is 312 g/mol. The van der Waals surface area contributed by atoms with Crippen LogP contribution in [0, 0.1) is 0 Å². The second-order valence-electron chi connectivity index (χ2n) is 4.45. The van der Waals surface area contributed by atoms with E-state index in [-0.39, 0.29) is 0 Å². The highest BCUT2D eigenvalue weighted by Gasteiger charge is 2.23. The Hall–Kier alpha value is -2.51. The molecule has 4 heteroatoms. The molecular weight excluding hydrogens is 295 g/mol. The van der Waals surface area contributed by atoms with E-state index in [1.807, 2.05) is 24.3 Å². The van der Waals surface area contributed by atoms with Crippen LogP contribution in [0.4, 0.5) is 0 Å². The molecule has 2 aromatic rings. The maximum atomic E-state index is 12.6. The molecule has 0 heterocycles. The highest BCUT2D eigenvalue weighted by atomic mass is 31.2. The first-order valence-corrected chi connectivity index (χ1v) is 8.27. The smallest absolute Gasteiger partial charge is 0.413 e. The van der Waals surface area contributed by atoms with Crippen molar-refractivity contribution in [1.29, 1.82) is 0 Å². The summed E-state index contributed by atoms with van der Waals surface area (Å²) in [4.78, 5) is 0. The lowest BCUT2D eigenvalue weighted by Gasteiger charge is -2.17. The topological polar surface area (TPSA) is 35.5 Å². The summed E-state index contributed by atoms with van der Waals surface area (Å²) >= 11 is 0. The van der Waals surface area contributed by atoms with Crippen LogP contribution in [0.15, 0.2) is 74.1 Å². The van der Waals surface area contributed by atoms with Gasteiger partial charge in [0, 0.05) is 5.82 Å². The minimum Gasteiger partial charge on any atom is -0.413 e. The second kappa shape index (κ2) is 6.97. The lowest BCUT2D eigenvalue weighted by Crippen LogP contribution is -1.98. The first-order valence-electron chi connectivity index (χ1n) is 6.66. The zero-order chi connectivity index (χ0) is 16.0. The molecule has 0 aromatic heterocycles. The second-order valence-corrected chi connectivity index (χ2v) is 6.26. The zero-order valence-corrected chi connectivity index (χ0v) is 13.0. The summed E-state index contributed by atoms with van der Waals surface area (Å²) in [5.41, 5.74) is 1.89. The van der Waals surface area contributed by atoms with Gasteiger partial charge in [-0.1, -0.05) is 56.2 Å². The Morgan fingerprint density at radius 2 is 1.09 bits per heavy atom. The summed E-state index contributed by atoms with van der Waals surface area (Å²) in [5, 5.41) is 0. The van der Waals surface area contributed by atoms with Crippen LogP contribution in [-0.4, -0.2) is 0 Å². The Morgan fingerprint density at radius 3 is 1.36 bits per heavy atom. The van der Waals surface area contributed by atoms with Crippen molar-refractivity contribution in [2.75, 3.05) is 0 Å². The van der Waals surface area contributed by atoms with Crippen LogP contribution < -0.4 is 9.05 Å². The van der Waals surface area contributed by atoms with Gasteiger partial charge >= 0.3 is 7.60 Å². The van der Waals surface area contributed by atoms with Crippen LogP contribution in [0.5, 0.6) is 11.5 Å². The van der Waals surface area contributed by atoms with Gasteiger partial charge in [0.15, 0.2) is 0 Å². The molecule has 0 bridgehead atoms. The molecule has 0 saturated carbocycles. The lowest BCUT2D eigenvalue weighted by atomic mass is 10.2. The Kier molecular flexibility index (Phi) is 5.03. The normalized spacial score (nSPS) is 10.5. The van der Waals surface area contributed by atoms with Crippen LogP contribution in [0.1, 0.15) is 11.1 Å². The molecule has 0 unspecified atom stereocenters. The number of hydrogen-bond acceptors (Lipinski definition) is 3. The van der Waals surface area contributed by atoms with E-state index in [0.717, 1.165) is 11.1 Å². The Morgan fingerprint density at radius 1 is 0.727 bits per heavy atom. The fourth-order valence-corrected chi connectivity index (χ4v) is 2.73. The fourth-order valence-electron chi connectivity index (χ4n) is 1.72. The predicted octanol–water partition coefficient (Wildman–Crippen LogP) is 5.77. The van der Waals surface area contributed by atoms with Crippen molar-refractivity contribution >= 4 is 19.7 Å². The van der Waals surface area contributed by atoms with Crippen molar-refractivity contribution in [3.63, 3.8) is 0 Å². The SMILES string of the molecule is C=Cc1ccc(OP(=O)(C=C)Oc2ccc(C=C)cc2)cc1. The summed E-state index contributed by atoms with van der Waals surface area (Å²) in [7, 11) is -3.48. The molecule has 0 spiro atoms. The van der Waals surface area contributed by atoms with Crippen LogP contribution >= 0.6 is 7.60 Å². The molecular formula is C18H17O3P. The maximum Gasteiger partial charge on any atom is 0.455 e. The van der Waals surface area contributed by atoms with Crippen molar-refractivity contribution in [1.82, 2.24) is 0 Å². The molecule has 112 valence electrons. The van der Waals surface area contributed by atoms with E-state index in [1.165, 1.54) is 5.82 Å². The average molecular weight is 312 g/mol. The Bertz CT molecular complexity index is 658. The van der Waals surface area contributed by atoms with Crippen molar-refractivity contribution in [3.05, 3.63) is 85.2 Å². The summed E-state index contributed by atoms with van der Waals surface area (Å²) < 4.78 is 23.6. The van der Waals surface area contributed by atoms with Gasteiger partial charge in [0.05, 0.1) is 0 Å². The van der Waals surface area contributed by atoms with Crippen LogP contribution in [0.3, 0.4) is 0 Å². The molecule has 0 fully saturated rings. The standard InChI is InChI=1S/C18H17O3P/c1-4-15-7-11-17(12-8-15)20-22(19,6-3)21-18-13-9-16(5-2)10-14-18/h4-14H,1-3H2. The average Bonchev–Trinajstić information content (AvgIpc) is 2.56. The highest BCUT2D eigenvalue weighted by molar-refractivity contribution is 7.58. The van der Waals surface area contributed by atoms with Gasteiger partial charge in [-0.3, -0.25) is 0 Å². The van der Waals surface area contributed by atoms with Gasteiger partial charge in [0.1, 0.15) is 11.5 Å². The molecule has 2 aromatic carbocycles. The van der Waals surface area contributed by atoms with Crippen LogP contribution in [0.2, 0.25) is 0 Å². The van der Waals surface area contributed by atoms with Crippen LogP contribution in [0.25, 0.3) is 12.2 Å². The number of hydrogen-bond donors (Lipinski definition) is 0. The van der Waals surface area contributed by atoms with E-state index in [9.17, 15) is 4.57 Å². The third kappa shape index (κ3) is 4.00. The Labute approximate surface area is 130 Å². The van der Waals surface area contributed by atoms with Crippen molar-refractivity contribution in [2.45, 2.75) is 0 Å². The molecule has 0 radical (unpaired) electrons. The molecule has 0 aliphatic carbocycles. The zero-order valence-electron chi connectivity index (χ0n) is 12.1. The van der Waals surface area contributed by atoms with E-state index in [0.29, 0.717) is 11.5 Å². The van der Waals surface area contributed by atoms with Gasteiger partial charge in [-0.05, 0) is 35.4 Å². The molecule has 2 rings (SSSR count). The molecule has 0 N–H and O–H groups in total. The first-order chi connectivity index (χ1) is 10.6. The fraction of sp³-hybridized carbons (Fsp3) is 0. The molecule has 22 heavy (non-hydrogen) atoms. The lowest BCUT2D eigenvalue weighted by molar-refractivity contribution is 0.398. The van der Waals surface area contributed by atoms with Crippen molar-refractivity contribution in [2.24, 2.45) is 0 Å². The van der Waals surface area contributed by atoms with Gasteiger partial charge < -0.3 is 9.05 Å². The largest absolute Gasteiger partial charge is 0.455 e. The highest BCUT2D eigenvalue weighted by Crippen LogP contribution is 2.49. The van der Waals surface area contributed by atoms with Gasteiger partial charge in [-0.2, -0.15) is 0 Å². The Balaban J connectivity index is 2.15. The van der Waals surface area contributed by atoms with E-state index in [4.69, 9.17) is 9.05 Å². The minimum absolute atomic E-state index is 0.441. The molecule has 0 aliphatic heterocycles. The van der Waals surface area contributed by atoms with Crippen LogP contribution in [-0.2, 0) is 4.57 Å². The number of benzene rings is 2. The number of rotatable bonds is 7. The minimum atomic E-state index is -3.48. The maximum absolute atomic E-state index is 12.6. The quantitative estimate of drug-likeness (QED) is 0.609. The summed E-state index contributed by atoms with van der Waals surface area (Å²) in [6.45, 7) is 10.9. The van der Waals surface area contributed by atoms with Crippen molar-refractivity contribution < 1.29 is 13.6 Å².